The second-order valence-electron chi connectivity index (χ2n) is 5.29. The molecule has 2 aromatic rings. The van der Waals surface area contributed by atoms with Crippen LogP contribution in [0.15, 0.2) is 54.6 Å². The molecule has 0 saturated carbocycles. The highest BCUT2D eigenvalue weighted by Gasteiger charge is 2.12. The van der Waals surface area contributed by atoms with E-state index in [1.54, 1.807) is 24.3 Å². The van der Waals surface area contributed by atoms with E-state index in [2.05, 4.69) is 29.1 Å². The first-order chi connectivity index (χ1) is 11.2. The van der Waals surface area contributed by atoms with E-state index in [4.69, 9.17) is 0 Å². The van der Waals surface area contributed by atoms with Crippen LogP contribution in [0.4, 0.5) is 0 Å². The molecule has 0 aliphatic carbocycles. The Bertz CT molecular complexity index is 650. The second-order valence-corrected chi connectivity index (χ2v) is 5.29. The zero-order valence-corrected chi connectivity index (χ0v) is 13.4. The fourth-order valence-corrected chi connectivity index (χ4v) is 2.42. The molecule has 0 aliphatic heterocycles. The molecule has 0 aliphatic rings. The van der Waals surface area contributed by atoms with Gasteiger partial charge in [0.25, 0.3) is 5.91 Å². The lowest BCUT2D eigenvalue weighted by Gasteiger charge is -2.16. The number of esters is 1. The summed E-state index contributed by atoms with van der Waals surface area (Å²) >= 11 is 0. The first-order valence-electron chi connectivity index (χ1n) is 7.67. The fraction of sp³-hybridized carbons (Fsp3) is 0.263. The molecule has 4 nitrogen and oxygen atoms in total. The Morgan fingerprint density at radius 2 is 1.61 bits per heavy atom. The molecule has 0 spiro atoms. The van der Waals surface area contributed by atoms with E-state index in [9.17, 15) is 9.59 Å². The van der Waals surface area contributed by atoms with Crippen LogP contribution in [-0.4, -0.2) is 25.5 Å². The van der Waals surface area contributed by atoms with Crippen molar-refractivity contribution in [1.82, 2.24) is 5.32 Å². The molecule has 120 valence electrons. The second kappa shape index (κ2) is 8.13. The molecule has 4 heteroatoms. The van der Waals surface area contributed by atoms with E-state index in [1.807, 2.05) is 18.2 Å². The summed E-state index contributed by atoms with van der Waals surface area (Å²) in [4.78, 5) is 23.6. The third kappa shape index (κ3) is 4.42. The van der Waals surface area contributed by atoms with E-state index in [-0.39, 0.29) is 11.8 Å². The van der Waals surface area contributed by atoms with Crippen LogP contribution < -0.4 is 5.32 Å². The van der Waals surface area contributed by atoms with E-state index in [0.717, 1.165) is 6.42 Å². The molecule has 1 unspecified atom stereocenters. The van der Waals surface area contributed by atoms with Crippen LogP contribution in [0.5, 0.6) is 0 Å². The van der Waals surface area contributed by atoms with Gasteiger partial charge in [-0.2, -0.15) is 0 Å². The molecular weight excluding hydrogens is 290 g/mol. The first kappa shape index (κ1) is 16.7. The average molecular weight is 311 g/mol. The Balaban J connectivity index is 1.97. The van der Waals surface area contributed by atoms with Crippen LogP contribution in [0.1, 0.15) is 45.5 Å². The fourth-order valence-electron chi connectivity index (χ4n) is 2.42. The van der Waals surface area contributed by atoms with Crippen molar-refractivity contribution < 1.29 is 14.3 Å². The number of carbonyl (C=O) groups excluding carboxylic acids is 2. The molecule has 0 radical (unpaired) electrons. The van der Waals surface area contributed by atoms with Gasteiger partial charge in [0.05, 0.1) is 12.7 Å². The third-order valence-corrected chi connectivity index (χ3v) is 3.84. The van der Waals surface area contributed by atoms with Gasteiger partial charge in [0, 0.05) is 18.0 Å². The van der Waals surface area contributed by atoms with Gasteiger partial charge in [-0.1, -0.05) is 37.3 Å². The molecule has 0 aromatic heterocycles. The van der Waals surface area contributed by atoms with Crippen LogP contribution in [0.2, 0.25) is 0 Å². The van der Waals surface area contributed by atoms with Crippen LogP contribution in [0.25, 0.3) is 0 Å². The molecule has 2 rings (SSSR count). The van der Waals surface area contributed by atoms with Crippen molar-refractivity contribution in [2.45, 2.75) is 19.3 Å². The topological polar surface area (TPSA) is 55.4 Å². The van der Waals surface area contributed by atoms with E-state index < -0.39 is 5.97 Å². The molecule has 0 fully saturated rings. The van der Waals surface area contributed by atoms with Gasteiger partial charge in [0.2, 0.25) is 0 Å². The molecule has 0 saturated heterocycles. The number of hydrogen-bond acceptors (Lipinski definition) is 3. The standard InChI is InChI=1S/C19H21NO3/c1-3-14(15-7-5-4-6-8-15)13-20-18(21)16-9-11-17(12-10-16)19(22)23-2/h4-12,14H,3,13H2,1-2H3,(H,20,21). The number of methoxy groups -OCH3 is 1. The van der Waals surface area contributed by atoms with Crippen molar-refractivity contribution in [3.63, 3.8) is 0 Å². The minimum Gasteiger partial charge on any atom is -0.465 e. The highest BCUT2D eigenvalue weighted by atomic mass is 16.5. The van der Waals surface area contributed by atoms with Gasteiger partial charge in [0.1, 0.15) is 0 Å². The SMILES string of the molecule is CCC(CNC(=O)c1ccc(C(=O)OC)cc1)c1ccccc1. The zero-order chi connectivity index (χ0) is 16.7. The Morgan fingerprint density at radius 1 is 1.00 bits per heavy atom. The molecule has 23 heavy (non-hydrogen) atoms. The third-order valence-electron chi connectivity index (χ3n) is 3.84. The van der Waals surface area contributed by atoms with Crippen molar-refractivity contribution in [1.29, 1.82) is 0 Å². The number of rotatable bonds is 6. The predicted octanol–water partition coefficient (Wildman–Crippen LogP) is 3.40. The Morgan fingerprint density at radius 3 is 2.17 bits per heavy atom. The van der Waals surface area contributed by atoms with Crippen LogP contribution in [0, 0.1) is 0 Å². The van der Waals surface area contributed by atoms with Crippen molar-refractivity contribution in [2.24, 2.45) is 0 Å². The van der Waals surface area contributed by atoms with Crippen molar-refractivity contribution in [2.75, 3.05) is 13.7 Å². The van der Waals surface area contributed by atoms with Crippen LogP contribution >= 0.6 is 0 Å². The van der Waals surface area contributed by atoms with Gasteiger partial charge < -0.3 is 10.1 Å². The molecule has 0 heterocycles. The lowest BCUT2D eigenvalue weighted by molar-refractivity contribution is 0.0600. The first-order valence-corrected chi connectivity index (χ1v) is 7.67. The maximum absolute atomic E-state index is 12.2. The van der Waals surface area contributed by atoms with E-state index >= 15 is 0 Å². The van der Waals surface area contributed by atoms with Crippen LogP contribution in [-0.2, 0) is 4.74 Å². The lowest BCUT2D eigenvalue weighted by atomic mass is 9.96. The van der Waals surface area contributed by atoms with Gasteiger partial charge in [-0.3, -0.25) is 4.79 Å². The molecule has 1 atom stereocenters. The molecule has 2 aromatic carbocycles. The van der Waals surface area contributed by atoms with Gasteiger partial charge in [-0.25, -0.2) is 4.79 Å². The number of carbonyl (C=O) groups is 2. The zero-order valence-electron chi connectivity index (χ0n) is 13.4. The summed E-state index contributed by atoms with van der Waals surface area (Å²) in [5.74, 6) is -0.266. The molecular formula is C19H21NO3. The maximum atomic E-state index is 12.2. The Kier molecular flexibility index (Phi) is 5.92. The van der Waals surface area contributed by atoms with Crippen molar-refractivity contribution >= 4 is 11.9 Å². The van der Waals surface area contributed by atoms with Gasteiger partial charge in [-0.15, -0.1) is 0 Å². The van der Waals surface area contributed by atoms with Crippen molar-refractivity contribution in [3.8, 4) is 0 Å². The summed E-state index contributed by atoms with van der Waals surface area (Å²) in [5.41, 5.74) is 2.18. The highest BCUT2D eigenvalue weighted by Crippen LogP contribution is 2.18. The van der Waals surface area contributed by atoms with E-state index in [0.29, 0.717) is 17.7 Å². The molecule has 0 bridgehead atoms. The van der Waals surface area contributed by atoms with Gasteiger partial charge >= 0.3 is 5.97 Å². The lowest BCUT2D eigenvalue weighted by Crippen LogP contribution is -2.28. The number of amides is 1. The Labute approximate surface area is 136 Å². The van der Waals surface area contributed by atoms with Crippen LogP contribution in [0.3, 0.4) is 0 Å². The number of nitrogens with one attached hydrogen (secondary N) is 1. The summed E-state index contributed by atoms with van der Waals surface area (Å²) in [6.07, 6.45) is 0.950. The summed E-state index contributed by atoms with van der Waals surface area (Å²) in [6, 6.07) is 16.6. The number of hydrogen-bond donors (Lipinski definition) is 1. The molecule has 1 amide bonds. The monoisotopic (exact) mass is 311 g/mol. The van der Waals surface area contributed by atoms with E-state index in [1.165, 1.54) is 12.7 Å². The average Bonchev–Trinajstić information content (AvgIpc) is 2.62. The highest BCUT2D eigenvalue weighted by molar-refractivity contribution is 5.96. The minimum absolute atomic E-state index is 0.143. The summed E-state index contributed by atoms with van der Waals surface area (Å²) < 4.78 is 4.64. The predicted molar refractivity (Wildman–Crippen MR) is 89.6 cm³/mol. The Hall–Kier alpha value is -2.62. The number of benzene rings is 2. The summed E-state index contributed by atoms with van der Waals surface area (Å²) in [7, 11) is 1.33. The quantitative estimate of drug-likeness (QED) is 0.832. The smallest absolute Gasteiger partial charge is 0.337 e. The van der Waals surface area contributed by atoms with Gasteiger partial charge in [-0.05, 0) is 36.2 Å². The maximum Gasteiger partial charge on any atom is 0.337 e. The normalized spacial score (nSPS) is 11.6. The molecule has 1 N–H and O–H groups in total. The summed E-state index contributed by atoms with van der Waals surface area (Å²) in [5, 5.41) is 2.96. The number of ether oxygens (including phenoxy) is 1. The van der Waals surface area contributed by atoms with Gasteiger partial charge in [0.15, 0.2) is 0 Å². The largest absolute Gasteiger partial charge is 0.465 e. The van der Waals surface area contributed by atoms with Crippen molar-refractivity contribution in [3.05, 3.63) is 71.3 Å². The summed E-state index contributed by atoms with van der Waals surface area (Å²) in [6.45, 7) is 2.69. The minimum atomic E-state index is -0.410.